The number of anilines is 2. The summed E-state index contributed by atoms with van der Waals surface area (Å²) in [6.07, 6.45) is 0. The monoisotopic (exact) mass is 479 g/mol. The summed E-state index contributed by atoms with van der Waals surface area (Å²) in [7, 11) is -3.91. The summed E-state index contributed by atoms with van der Waals surface area (Å²) >= 11 is 11.8. The van der Waals surface area contributed by atoms with Crippen molar-refractivity contribution in [2.75, 3.05) is 16.6 Å². The second kappa shape index (κ2) is 9.55. The second-order valence-electron chi connectivity index (χ2n) is 6.46. The Morgan fingerprint density at radius 1 is 1.03 bits per heavy atom. The van der Waals surface area contributed by atoms with Crippen molar-refractivity contribution in [3.8, 4) is 5.75 Å². The van der Waals surface area contributed by atoms with Gasteiger partial charge >= 0.3 is 0 Å². The molecule has 0 bridgehead atoms. The fraction of sp³-hybridized carbons (Fsp3) is 0.143. The van der Waals surface area contributed by atoms with Gasteiger partial charge in [0.15, 0.2) is 0 Å². The van der Waals surface area contributed by atoms with Gasteiger partial charge in [-0.3, -0.25) is 9.52 Å². The fourth-order valence-corrected chi connectivity index (χ4v) is 4.40. The summed E-state index contributed by atoms with van der Waals surface area (Å²) < 4.78 is 33.8. The van der Waals surface area contributed by atoms with E-state index in [1.807, 2.05) is 6.92 Å². The summed E-state index contributed by atoms with van der Waals surface area (Å²) in [5.41, 5.74) is 1.09. The van der Waals surface area contributed by atoms with E-state index >= 15 is 0 Å². The van der Waals surface area contributed by atoms with Crippen LogP contribution >= 0.6 is 23.2 Å². The van der Waals surface area contributed by atoms with E-state index in [1.165, 1.54) is 18.2 Å². The maximum Gasteiger partial charge on any atom is 0.275 e. The molecule has 1 heterocycles. The molecule has 0 saturated heterocycles. The van der Waals surface area contributed by atoms with Crippen LogP contribution in [0.1, 0.15) is 23.0 Å². The van der Waals surface area contributed by atoms with Crippen molar-refractivity contribution < 1.29 is 17.9 Å². The van der Waals surface area contributed by atoms with Gasteiger partial charge in [0.05, 0.1) is 16.5 Å². The number of aromatic nitrogens is 1. The van der Waals surface area contributed by atoms with Gasteiger partial charge in [0.1, 0.15) is 16.6 Å². The lowest BCUT2D eigenvalue weighted by molar-refractivity contribution is 0.102. The molecule has 2 N–H and O–H groups in total. The topological polar surface area (TPSA) is 97.4 Å². The number of nitrogens with zero attached hydrogens (tertiary/aromatic N) is 1. The molecule has 162 valence electrons. The quantitative estimate of drug-likeness (QED) is 0.456. The standard InChI is InChI=1S/C21H19Cl2N3O4S/c1-3-30-16-8-6-14(7-9-16)26-31(28,29)18-12-15(5-4-13(18)2)24-21(27)20-17(22)10-11-19(23)25-20/h4-12,26H,3H2,1-2H3,(H,24,27). The Morgan fingerprint density at radius 2 is 1.71 bits per heavy atom. The predicted molar refractivity (Wildman–Crippen MR) is 122 cm³/mol. The van der Waals surface area contributed by atoms with Crippen molar-refractivity contribution in [2.45, 2.75) is 18.7 Å². The molecule has 0 aliphatic rings. The first kappa shape index (κ1) is 22.9. The van der Waals surface area contributed by atoms with Gasteiger partial charge in [-0.25, -0.2) is 13.4 Å². The van der Waals surface area contributed by atoms with Gasteiger partial charge < -0.3 is 10.1 Å². The minimum absolute atomic E-state index is 0.0179. The fourth-order valence-electron chi connectivity index (χ4n) is 2.73. The Hall–Kier alpha value is -2.81. The number of carbonyl (C=O) groups is 1. The lowest BCUT2D eigenvalue weighted by atomic mass is 10.2. The highest BCUT2D eigenvalue weighted by Crippen LogP contribution is 2.25. The van der Waals surface area contributed by atoms with Crippen LogP contribution in [-0.4, -0.2) is 25.9 Å². The van der Waals surface area contributed by atoms with E-state index in [1.54, 1.807) is 43.3 Å². The average Bonchev–Trinajstić information content (AvgIpc) is 2.72. The van der Waals surface area contributed by atoms with Gasteiger partial charge in [-0.05, 0) is 67.9 Å². The molecule has 0 atom stereocenters. The molecule has 1 amide bonds. The third-order valence-electron chi connectivity index (χ3n) is 4.18. The maximum absolute atomic E-state index is 12.9. The number of ether oxygens (including phenoxy) is 1. The minimum Gasteiger partial charge on any atom is -0.494 e. The van der Waals surface area contributed by atoms with Crippen LogP contribution in [0.25, 0.3) is 0 Å². The summed E-state index contributed by atoms with van der Waals surface area (Å²) in [4.78, 5) is 16.4. The Bertz CT molecular complexity index is 1220. The summed E-state index contributed by atoms with van der Waals surface area (Å²) in [6.45, 7) is 4.04. The number of nitrogens with one attached hydrogen (secondary N) is 2. The van der Waals surface area contributed by atoms with E-state index in [4.69, 9.17) is 27.9 Å². The number of amides is 1. The smallest absolute Gasteiger partial charge is 0.275 e. The zero-order chi connectivity index (χ0) is 22.6. The van der Waals surface area contributed by atoms with Gasteiger partial charge in [0.2, 0.25) is 0 Å². The molecule has 3 rings (SSSR count). The zero-order valence-corrected chi connectivity index (χ0v) is 19.0. The lowest BCUT2D eigenvalue weighted by Gasteiger charge is -2.13. The number of halogens is 2. The van der Waals surface area contributed by atoms with Crippen molar-refractivity contribution >= 4 is 50.5 Å². The van der Waals surface area contributed by atoms with Crippen molar-refractivity contribution in [3.05, 3.63) is 76.0 Å². The van der Waals surface area contributed by atoms with Gasteiger partial charge in [-0.2, -0.15) is 0 Å². The van der Waals surface area contributed by atoms with Gasteiger partial charge in [-0.15, -0.1) is 0 Å². The van der Waals surface area contributed by atoms with Crippen molar-refractivity contribution in [1.29, 1.82) is 0 Å². The summed E-state index contributed by atoms with van der Waals surface area (Å²) in [5, 5.41) is 2.83. The van der Waals surface area contributed by atoms with Gasteiger partial charge in [0.25, 0.3) is 15.9 Å². The van der Waals surface area contributed by atoms with Crippen molar-refractivity contribution in [2.24, 2.45) is 0 Å². The Kier molecular flexibility index (Phi) is 7.04. The van der Waals surface area contributed by atoms with Crippen LogP contribution in [-0.2, 0) is 10.0 Å². The van der Waals surface area contributed by atoms with Crippen LogP contribution in [0.4, 0.5) is 11.4 Å². The Labute approximate surface area is 190 Å². The number of rotatable bonds is 7. The van der Waals surface area contributed by atoms with E-state index in [0.717, 1.165) is 0 Å². The molecule has 0 radical (unpaired) electrons. The zero-order valence-electron chi connectivity index (χ0n) is 16.6. The average molecular weight is 480 g/mol. The van der Waals surface area contributed by atoms with E-state index in [9.17, 15) is 13.2 Å². The normalized spacial score (nSPS) is 11.1. The number of pyridine rings is 1. The van der Waals surface area contributed by atoms with Crippen LogP contribution < -0.4 is 14.8 Å². The van der Waals surface area contributed by atoms with E-state index in [-0.39, 0.29) is 26.5 Å². The van der Waals surface area contributed by atoms with Gasteiger partial charge in [-0.1, -0.05) is 29.3 Å². The summed E-state index contributed by atoms with van der Waals surface area (Å²) in [6, 6.07) is 14.0. The van der Waals surface area contributed by atoms with Crippen LogP contribution in [0.5, 0.6) is 5.75 Å². The first-order valence-corrected chi connectivity index (χ1v) is 11.4. The number of carbonyl (C=O) groups excluding carboxylic acids is 1. The molecular weight excluding hydrogens is 461 g/mol. The number of aryl methyl sites for hydroxylation is 1. The Morgan fingerprint density at radius 3 is 2.39 bits per heavy atom. The maximum atomic E-state index is 12.9. The first-order chi connectivity index (χ1) is 14.7. The number of sulfonamides is 1. The van der Waals surface area contributed by atoms with Crippen molar-refractivity contribution in [1.82, 2.24) is 4.98 Å². The van der Waals surface area contributed by atoms with Crippen LogP contribution in [0.2, 0.25) is 10.2 Å². The molecule has 0 aliphatic heterocycles. The molecule has 31 heavy (non-hydrogen) atoms. The molecule has 3 aromatic rings. The first-order valence-electron chi connectivity index (χ1n) is 9.19. The molecule has 0 fully saturated rings. The largest absolute Gasteiger partial charge is 0.494 e. The lowest BCUT2D eigenvalue weighted by Crippen LogP contribution is -2.17. The van der Waals surface area contributed by atoms with Crippen LogP contribution in [0, 0.1) is 6.92 Å². The van der Waals surface area contributed by atoms with Crippen LogP contribution in [0.15, 0.2) is 59.5 Å². The van der Waals surface area contributed by atoms with Crippen LogP contribution in [0.3, 0.4) is 0 Å². The molecule has 2 aromatic carbocycles. The molecule has 10 heteroatoms. The minimum atomic E-state index is -3.91. The number of hydrogen-bond acceptors (Lipinski definition) is 5. The SMILES string of the molecule is CCOc1ccc(NS(=O)(=O)c2cc(NC(=O)c3nc(Cl)ccc3Cl)ccc2C)cc1. The van der Waals surface area contributed by atoms with E-state index in [2.05, 4.69) is 15.0 Å². The third kappa shape index (κ3) is 5.66. The molecule has 0 spiro atoms. The van der Waals surface area contributed by atoms with Gasteiger partial charge in [0, 0.05) is 11.4 Å². The highest BCUT2D eigenvalue weighted by atomic mass is 35.5. The molecule has 0 saturated carbocycles. The predicted octanol–water partition coefficient (Wildman–Crippen LogP) is 5.15. The van der Waals surface area contributed by atoms with E-state index < -0.39 is 15.9 Å². The van der Waals surface area contributed by atoms with Crippen molar-refractivity contribution in [3.63, 3.8) is 0 Å². The second-order valence-corrected chi connectivity index (χ2v) is 8.91. The highest BCUT2D eigenvalue weighted by molar-refractivity contribution is 7.92. The number of benzene rings is 2. The molecule has 7 nitrogen and oxygen atoms in total. The summed E-state index contributed by atoms with van der Waals surface area (Å²) in [5.74, 6) is 0.0267. The number of hydrogen-bond donors (Lipinski definition) is 2. The molecule has 0 aliphatic carbocycles. The Balaban J connectivity index is 1.84. The third-order valence-corrected chi connectivity index (χ3v) is 6.22. The highest BCUT2D eigenvalue weighted by Gasteiger charge is 2.19. The molecule has 0 unspecified atom stereocenters. The molecule has 1 aromatic heterocycles. The van der Waals surface area contributed by atoms with E-state index in [0.29, 0.717) is 23.6 Å². The molecular formula is C21H19Cl2N3O4S.